The van der Waals surface area contributed by atoms with E-state index >= 15 is 0 Å². The molecule has 0 amide bonds. The predicted molar refractivity (Wildman–Crippen MR) is 112 cm³/mol. The van der Waals surface area contributed by atoms with E-state index in [1.54, 1.807) is 0 Å². The van der Waals surface area contributed by atoms with E-state index in [0.717, 1.165) is 70.2 Å². The second kappa shape index (κ2) is 7.74. The Hall–Kier alpha value is -1.69. The molecule has 0 bridgehead atoms. The number of morpholine rings is 1. The maximum Gasteiger partial charge on any atom is 0.0726 e. The van der Waals surface area contributed by atoms with E-state index in [4.69, 9.17) is 9.72 Å². The Morgan fingerprint density at radius 3 is 2.44 bits per heavy atom. The molecule has 3 heterocycles. The summed E-state index contributed by atoms with van der Waals surface area (Å²) in [5.41, 5.74) is 3.74. The Morgan fingerprint density at radius 1 is 1.00 bits per heavy atom. The Bertz CT molecular complexity index is 777. The first-order chi connectivity index (χ1) is 13.0. The lowest BCUT2D eigenvalue weighted by molar-refractivity contribution is -0.0221. The molecule has 1 aromatic heterocycles. The van der Waals surface area contributed by atoms with Gasteiger partial charge in [-0.15, -0.1) is 0 Å². The van der Waals surface area contributed by atoms with E-state index in [9.17, 15) is 0 Å². The van der Waals surface area contributed by atoms with E-state index in [1.807, 2.05) is 0 Å². The molecule has 5 heteroatoms. The minimum absolute atomic E-state index is 0.200. The molecule has 0 N–H and O–H groups in total. The first-order valence-electron chi connectivity index (χ1n) is 10.2. The molecule has 0 atom stereocenters. The number of aromatic nitrogens is 1. The van der Waals surface area contributed by atoms with Gasteiger partial charge in [-0.3, -0.25) is 14.8 Å². The number of piperazine rings is 1. The van der Waals surface area contributed by atoms with Gasteiger partial charge < -0.3 is 9.64 Å². The third-order valence-corrected chi connectivity index (χ3v) is 6.01. The molecule has 2 saturated heterocycles. The van der Waals surface area contributed by atoms with Crippen molar-refractivity contribution in [2.75, 3.05) is 63.9 Å². The number of rotatable bonds is 4. The summed E-state index contributed by atoms with van der Waals surface area (Å²) in [5, 5.41) is 1.27. The first-order valence-corrected chi connectivity index (χ1v) is 10.2. The van der Waals surface area contributed by atoms with Crippen molar-refractivity contribution < 1.29 is 4.74 Å². The lowest BCUT2D eigenvalue weighted by Crippen LogP contribution is -2.58. The van der Waals surface area contributed by atoms with Crippen molar-refractivity contribution >= 4 is 16.6 Å². The number of anilines is 1. The van der Waals surface area contributed by atoms with Crippen LogP contribution in [-0.2, 0) is 4.74 Å². The Labute approximate surface area is 162 Å². The highest BCUT2D eigenvalue weighted by Gasteiger charge is 2.31. The van der Waals surface area contributed by atoms with Gasteiger partial charge in [-0.05, 0) is 32.9 Å². The molecule has 0 saturated carbocycles. The zero-order valence-corrected chi connectivity index (χ0v) is 16.9. The van der Waals surface area contributed by atoms with Gasteiger partial charge in [0.25, 0.3) is 0 Å². The van der Waals surface area contributed by atoms with Crippen molar-refractivity contribution in [2.45, 2.75) is 26.3 Å². The number of nitrogens with zero attached hydrogens (tertiary/aromatic N) is 4. The molecule has 27 heavy (non-hydrogen) atoms. The number of ether oxygens (including phenoxy) is 1. The summed E-state index contributed by atoms with van der Waals surface area (Å²) in [6, 6.07) is 10.8. The summed E-state index contributed by atoms with van der Waals surface area (Å²) < 4.78 is 5.53. The third kappa shape index (κ3) is 4.10. The summed E-state index contributed by atoms with van der Waals surface area (Å²) in [6.07, 6.45) is 0. The number of para-hydroxylation sites is 1. The lowest BCUT2D eigenvalue weighted by atomic mass is 10.0. The van der Waals surface area contributed by atoms with Gasteiger partial charge in [0, 0.05) is 68.1 Å². The summed E-state index contributed by atoms with van der Waals surface area (Å²) in [5.74, 6) is 0. The normalized spacial score (nSPS) is 20.3. The zero-order valence-electron chi connectivity index (χ0n) is 16.9. The molecule has 0 unspecified atom stereocenters. The fraction of sp³-hybridized carbons (Fsp3) is 0.591. The molecular formula is C22H32N4O. The number of hydrogen-bond acceptors (Lipinski definition) is 5. The van der Waals surface area contributed by atoms with Gasteiger partial charge in [0.2, 0.25) is 0 Å². The van der Waals surface area contributed by atoms with Crippen molar-refractivity contribution in [3.63, 3.8) is 0 Å². The quantitative estimate of drug-likeness (QED) is 0.828. The maximum absolute atomic E-state index is 5.53. The van der Waals surface area contributed by atoms with Crippen LogP contribution in [0.3, 0.4) is 0 Å². The molecule has 1 aromatic carbocycles. The summed E-state index contributed by atoms with van der Waals surface area (Å²) in [4.78, 5) is 12.4. The van der Waals surface area contributed by atoms with Crippen LogP contribution in [0.25, 0.3) is 10.9 Å². The predicted octanol–water partition coefficient (Wildman–Crippen LogP) is 2.78. The second-order valence-electron chi connectivity index (χ2n) is 8.47. The van der Waals surface area contributed by atoms with E-state index in [1.165, 1.54) is 11.1 Å². The molecular weight excluding hydrogens is 336 g/mol. The summed E-state index contributed by atoms with van der Waals surface area (Å²) in [6.45, 7) is 16.2. The fourth-order valence-electron chi connectivity index (χ4n) is 4.51. The molecule has 5 nitrogen and oxygen atoms in total. The smallest absolute Gasteiger partial charge is 0.0726 e. The monoisotopic (exact) mass is 368 g/mol. The van der Waals surface area contributed by atoms with Gasteiger partial charge in [0.15, 0.2) is 0 Å². The van der Waals surface area contributed by atoms with Crippen LogP contribution in [0.2, 0.25) is 0 Å². The molecule has 0 spiro atoms. The average molecular weight is 369 g/mol. The second-order valence-corrected chi connectivity index (χ2v) is 8.47. The van der Waals surface area contributed by atoms with Gasteiger partial charge in [-0.25, -0.2) is 0 Å². The van der Waals surface area contributed by atoms with E-state index in [0.29, 0.717) is 0 Å². The number of hydrogen-bond donors (Lipinski definition) is 0. The number of fused-ring (bicyclic) bond motifs is 1. The molecule has 2 aromatic rings. The molecule has 0 radical (unpaired) electrons. The van der Waals surface area contributed by atoms with Crippen molar-refractivity contribution in [1.29, 1.82) is 0 Å². The van der Waals surface area contributed by atoms with Crippen LogP contribution < -0.4 is 4.90 Å². The molecule has 2 aliphatic rings. The number of pyridine rings is 1. The Morgan fingerprint density at radius 2 is 1.70 bits per heavy atom. The highest BCUT2D eigenvalue weighted by atomic mass is 16.5. The van der Waals surface area contributed by atoms with Crippen LogP contribution in [-0.4, -0.2) is 79.3 Å². The van der Waals surface area contributed by atoms with Crippen molar-refractivity contribution in [2.24, 2.45) is 0 Å². The van der Waals surface area contributed by atoms with Crippen molar-refractivity contribution in [3.05, 3.63) is 36.0 Å². The van der Waals surface area contributed by atoms with Gasteiger partial charge in [-0.2, -0.15) is 0 Å². The zero-order chi connectivity index (χ0) is 18.9. The van der Waals surface area contributed by atoms with Gasteiger partial charge >= 0.3 is 0 Å². The first kappa shape index (κ1) is 18.7. The molecule has 2 aliphatic heterocycles. The van der Waals surface area contributed by atoms with E-state index in [-0.39, 0.29) is 5.54 Å². The highest BCUT2D eigenvalue weighted by molar-refractivity contribution is 5.92. The van der Waals surface area contributed by atoms with Crippen LogP contribution >= 0.6 is 0 Å². The van der Waals surface area contributed by atoms with Crippen molar-refractivity contribution in [1.82, 2.24) is 14.8 Å². The lowest BCUT2D eigenvalue weighted by Gasteiger charge is -2.45. The Kier molecular flexibility index (Phi) is 5.35. The SMILES string of the molecule is Cc1cc(N2CCN(CC(C)(C)N3CCOCC3)CC2)c2ccccc2n1. The van der Waals surface area contributed by atoms with Crippen LogP contribution in [0, 0.1) is 6.92 Å². The summed E-state index contributed by atoms with van der Waals surface area (Å²) >= 11 is 0. The highest BCUT2D eigenvalue weighted by Crippen LogP contribution is 2.28. The molecule has 2 fully saturated rings. The maximum atomic E-state index is 5.53. The van der Waals surface area contributed by atoms with E-state index < -0.39 is 0 Å². The van der Waals surface area contributed by atoms with E-state index in [2.05, 4.69) is 65.8 Å². The molecule has 146 valence electrons. The van der Waals surface area contributed by atoms with Gasteiger partial charge in [0.05, 0.1) is 18.7 Å². The third-order valence-electron chi connectivity index (χ3n) is 6.01. The minimum atomic E-state index is 0.200. The summed E-state index contributed by atoms with van der Waals surface area (Å²) in [7, 11) is 0. The molecule has 4 rings (SSSR count). The largest absolute Gasteiger partial charge is 0.379 e. The average Bonchev–Trinajstić information content (AvgIpc) is 2.68. The number of aryl methyl sites for hydroxylation is 1. The minimum Gasteiger partial charge on any atom is -0.379 e. The molecule has 0 aliphatic carbocycles. The standard InChI is InChI=1S/C22H32N4O/c1-18-16-21(19-6-4-5-7-20(19)23-18)25-10-8-24(9-11-25)17-22(2,3)26-12-14-27-15-13-26/h4-7,16H,8-15,17H2,1-3H3. The van der Waals surface area contributed by atoms with Crippen molar-refractivity contribution in [3.8, 4) is 0 Å². The Balaban J connectivity index is 1.42. The van der Waals surface area contributed by atoms with Gasteiger partial charge in [0.1, 0.15) is 0 Å². The van der Waals surface area contributed by atoms with Gasteiger partial charge in [-0.1, -0.05) is 18.2 Å². The van der Waals surface area contributed by atoms with Crippen LogP contribution in [0.15, 0.2) is 30.3 Å². The van der Waals surface area contributed by atoms with Crippen LogP contribution in [0.5, 0.6) is 0 Å². The van der Waals surface area contributed by atoms with Crippen LogP contribution in [0.4, 0.5) is 5.69 Å². The fourth-order valence-corrected chi connectivity index (χ4v) is 4.51. The number of benzene rings is 1. The topological polar surface area (TPSA) is 31.8 Å². The van der Waals surface area contributed by atoms with Crippen LogP contribution in [0.1, 0.15) is 19.5 Å².